The van der Waals surface area contributed by atoms with Gasteiger partial charge in [0.2, 0.25) is 0 Å². The molecule has 0 aliphatic rings. The number of carboxylic acids is 1. The fourth-order valence-corrected chi connectivity index (χ4v) is 2.17. The van der Waals surface area contributed by atoms with E-state index in [0.29, 0.717) is 5.56 Å². The first kappa shape index (κ1) is 18.3. The lowest BCUT2D eigenvalue weighted by Crippen LogP contribution is -1.99. The zero-order valence-corrected chi connectivity index (χ0v) is 13.3. The molecule has 0 aliphatic heterocycles. The second kappa shape index (κ2) is 8.19. The highest BCUT2D eigenvalue weighted by molar-refractivity contribution is 5.80. The van der Waals surface area contributed by atoms with Gasteiger partial charge in [-0.2, -0.15) is 13.2 Å². The van der Waals surface area contributed by atoms with Crippen LogP contribution >= 0.6 is 0 Å². The highest BCUT2D eigenvalue weighted by Crippen LogP contribution is 2.22. The molecule has 0 aromatic heterocycles. The summed E-state index contributed by atoms with van der Waals surface area (Å²) in [5.74, 6) is -0.917. The topological polar surface area (TPSA) is 46.5 Å². The number of hydrogen-bond acceptors (Lipinski definition) is 2. The fourth-order valence-electron chi connectivity index (χ4n) is 2.17. The molecule has 0 radical (unpaired) electrons. The molecule has 2 aromatic carbocycles. The van der Waals surface area contributed by atoms with Crippen molar-refractivity contribution in [2.75, 3.05) is 0 Å². The maximum absolute atomic E-state index is 12.7. The van der Waals surface area contributed by atoms with Crippen molar-refractivity contribution < 1.29 is 27.8 Å². The molecule has 130 valence electrons. The average molecular weight is 348 g/mol. The van der Waals surface area contributed by atoms with E-state index in [9.17, 15) is 18.0 Å². The molecule has 0 atom stereocenters. The first-order valence-electron chi connectivity index (χ1n) is 7.33. The van der Waals surface area contributed by atoms with Gasteiger partial charge in [0.25, 0.3) is 0 Å². The number of ether oxygens (including phenoxy) is 1. The second-order valence-electron chi connectivity index (χ2n) is 5.30. The molecule has 2 aromatic rings. The third-order valence-corrected chi connectivity index (χ3v) is 3.38. The maximum atomic E-state index is 12.7. The Morgan fingerprint density at radius 1 is 1.04 bits per heavy atom. The van der Waals surface area contributed by atoms with Gasteiger partial charge in [0.1, 0.15) is 5.75 Å². The van der Waals surface area contributed by atoms with Crippen molar-refractivity contribution in [1.82, 2.24) is 0 Å². The molecule has 3 nitrogen and oxygen atoms in total. The molecule has 2 rings (SSSR count). The van der Waals surface area contributed by atoms with Crippen molar-refractivity contribution in [2.24, 2.45) is 0 Å². The molecular formula is C19H15F3O3. The van der Waals surface area contributed by atoms with E-state index in [2.05, 4.69) is 4.74 Å². The standard InChI is InChI=1S/C19H15F3O3/c1-12(15-6-2-14(3-7-15)11-17(23)24)10-13-4-8-16(9-5-13)25-19(22)18(20)21/h2-10H,11H2,1H3,(H,23,24). The van der Waals surface area contributed by atoms with Crippen LogP contribution in [0.25, 0.3) is 11.6 Å². The van der Waals surface area contributed by atoms with Gasteiger partial charge in [0.05, 0.1) is 6.42 Å². The molecule has 25 heavy (non-hydrogen) atoms. The van der Waals surface area contributed by atoms with Crippen LogP contribution in [-0.2, 0) is 11.2 Å². The molecule has 0 spiro atoms. The number of allylic oxidation sites excluding steroid dienone is 1. The minimum absolute atomic E-state index is 0.0295. The van der Waals surface area contributed by atoms with E-state index >= 15 is 0 Å². The van der Waals surface area contributed by atoms with E-state index in [0.717, 1.165) is 16.7 Å². The molecule has 0 amide bonds. The first-order chi connectivity index (χ1) is 11.8. The summed E-state index contributed by atoms with van der Waals surface area (Å²) in [6.45, 7) is 1.89. The third-order valence-electron chi connectivity index (χ3n) is 3.38. The molecule has 0 saturated carbocycles. The highest BCUT2D eigenvalue weighted by atomic mass is 19.3. The van der Waals surface area contributed by atoms with E-state index < -0.39 is 18.1 Å². The molecule has 0 bridgehead atoms. The number of hydrogen-bond donors (Lipinski definition) is 1. The molecule has 1 N–H and O–H groups in total. The SMILES string of the molecule is CC(=Cc1ccc(OC(F)=C(F)F)cc1)c1ccc(CC(=O)O)cc1. The number of rotatable bonds is 6. The fraction of sp³-hybridized carbons (Fsp3) is 0.105. The van der Waals surface area contributed by atoms with Crippen molar-refractivity contribution in [1.29, 1.82) is 0 Å². The average Bonchev–Trinajstić information content (AvgIpc) is 2.56. The summed E-state index contributed by atoms with van der Waals surface area (Å²) < 4.78 is 41.1. The summed E-state index contributed by atoms with van der Waals surface area (Å²) in [6, 6.07) is 11.2. The summed E-state index contributed by atoms with van der Waals surface area (Å²) in [6.07, 6.45) is -0.682. The maximum Gasteiger partial charge on any atom is 0.344 e. The van der Waals surface area contributed by atoms with E-state index in [1.54, 1.807) is 24.3 Å². The summed E-state index contributed by atoms with van der Waals surface area (Å²) in [5, 5.41) is 8.76. The van der Waals surface area contributed by atoms with Crippen LogP contribution in [0.5, 0.6) is 5.75 Å². The Labute approximate surface area is 142 Å². The summed E-state index contributed by atoms with van der Waals surface area (Å²) in [4.78, 5) is 10.7. The van der Waals surface area contributed by atoms with Crippen LogP contribution in [0.1, 0.15) is 23.6 Å². The Balaban J connectivity index is 2.11. The Morgan fingerprint density at radius 3 is 2.16 bits per heavy atom. The monoisotopic (exact) mass is 348 g/mol. The Kier molecular flexibility index (Phi) is 6.00. The van der Waals surface area contributed by atoms with Crippen LogP contribution in [0, 0.1) is 0 Å². The lowest BCUT2D eigenvalue weighted by molar-refractivity contribution is -0.136. The Hall–Kier alpha value is -3.02. The molecule has 0 unspecified atom stereocenters. The summed E-state index contributed by atoms with van der Waals surface area (Å²) >= 11 is 0. The van der Waals surface area contributed by atoms with Gasteiger partial charge in [-0.15, -0.1) is 0 Å². The number of benzene rings is 2. The zero-order chi connectivity index (χ0) is 18.4. The van der Waals surface area contributed by atoms with E-state index in [1.807, 2.05) is 25.1 Å². The van der Waals surface area contributed by atoms with Gasteiger partial charge in [0, 0.05) is 0 Å². The molecule has 0 saturated heterocycles. The number of halogens is 3. The van der Waals surface area contributed by atoms with Crippen molar-refractivity contribution in [2.45, 2.75) is 13.3 Å². The molecule has 0 heterocycles. The Morgan fingerprint density at radius 2 is 1.64 bits per heavy atom. The predicted molar refractivity (Wildman–Crippen MR) is 88.7 cm³/mol. The van der Waals surface area contributed by atoms with Crippen LogP contribution < -0.4 is 4.74 Å². The van der Waals surface area contributed by atoms with Crippen molar-refractivity contribution in [3.63, 3.8) is 0 Å². The van der Waals surface area contributed by atoms with Crippen LogP contribution in [0.15, 0.2) is 60.6 Å². The highest BCUT2D eigenvalue weighted by Gasteiger charge is 2.07. The van der Waals surface area contributed by atoms with E-state index in [4.69, 9.17) is 5.11 Å². The largest absolute Gasteiger partial charge is 0.481 e. The summed E-state index contributed by atoms with van der Waals surface area (Å²) in [5.41, 5.74) is 3.34. The Bertz CT molecular complexity index is 803. The molecule has 0 fully saturated rings. The zero-order valence-electron chi connectivity index (χ0n) is 13.3. The van der Waals surface area contributed by atoms with Gasteiger partial charge in [-0.3, -0.25) is 4.79 Å². The molecule has 0 aliphatic carbocycles. The number of carbonyl (C=O) groups is 1. The van der Waals surface area contributed by atoms with E-state index in [1.165, 1.54) is 12.1 Å². The molecular weight excluding hydrogens is 333 g/mol. The first-order valence-corrected chi connectivity index (χ1v) is 7.33. The third kappa shape index (κ3) is 5.53. The molecule has 6 heteroatoms. The van der Waals surface area contributed by atoms with Crippen LogP contribution in [0.3, 0.4) is 0 Å². The lowest BCUT2D eigenvalue weighted by atomic mass is 10.0. The van der Waals surface area contributed by atoms with Crippen molar-refractivity contribution in [3.05, 3.63) is 77.3 Å². The quantitative estimate of drug-likeness (QED) is 0.570. The lowest BCUT2D eigenvalue weighted by Gasteiger charge is -2.05. The van der Waals surface area contributed by atoms with Gasteiger partial charge < -0.3 is 9.84 Å². The van der Waals surface area contributed by atoms with Gasteiger partial charge in [0.15, 0.2) is 0 Å². The van der Waals surface area contributed by atoms with Gasteiger partial charge in [-0.25, -0.2) is 0 Å². The normalized spacial score (nSPS) is 11.1. The second-order valence-corrected chi connectivity index (χ2v) is 5.30. The van der Waals surface area contributed by atoms with Crippen molar-refractivity contribution >= 4 is 17.6 Å². The predicted octanol–water partition coefficient (Wildman–Crippen LogP) is 5.29. The number of carboxylic acid groups (broad SMARTS) is 1. The van der Waals surface area contributed by atoms with Crippen LogP contribution in [-0.4, -0.2) is 11.1 Å². The van der Waals surface area contributed by atoms with Crippen LogP contribution in [0.4, 0.5) is 13.2 Å². The van der Waals surface area contributed by atoms with Gasteiger partial charge >= 0.3 is 18.1 Å². The number of aliphatic carboxylic acids is 1. The van der Waals surface area contributed by atoms with Crippen molar-refractivity contribution in [3.8, 4) is 5.75 Å². The summed E-state index contributed by atoms with van der Waals surface area (Å²) in [7, 11) is 0. The minimum atomic E-state index is -2.51. The minimum Gasteiger partial charge on any atom is -0.481 e. The van der Waals surface area contributed by atoms with Gasteiger partial charge in [-0.05, 0) is 41.3 Å². The van der Waals surface area contributed by atoms with Gasteiger partial charge in [-0.1, -0.05) is 42.5 Å². The smallest absolute Gasteiger partial charge is 0.344 e. The van der Waals surface area contributed by atoms with E-state index in [-0.39, 0.29) is 12.2 Å². The van der Waals surface area contributed by atoms with Crippen LogP contribution in [0.2, 0.25) is 0 Å².